The number of nitrogens with zero attached hydrogens (tertiary/aromatic N) is 1. The highest BCUT2D eigenvalue weighted by Crippen LogP contribution is 2.55. The van der Waals surface area contributed by atoms with E-state index < -0.39 is 7.26 Å². The Hall–Kier alpha value is -1.60. The summed E-state index contributed by atoms with van der Waals surface area (Å²) in [7, 11) is -1.65. The van der Waals surface area contributed by atoms with E-state index in [0.29, 0.717) is 0 Å². The molecule has 1 fully saturated rings. The second-order valence-corrected chi connectivity index (χ2v) is 12.2. The second-order valence-electron chi connectivity index (χ2n) is 7.35. The summed E-state index contributed by atoms with van der Waals surface area (Å²) in [5.41, 5.74) is 0. The van der Waals surface area contributed by atoms with E-state index in [2.05, 4.69) is 108 Å². The summed E-state index contributed by atoms with van der Waals surface area (Å²) in [5, 5.41) is 4.50. The molecule has 0 bridgehead atoms. The molecule has 0 unspecified atom stereocenters. The van der Waals surface area contributed by atoms with Gasteiger partial charge in [-0.15, -0.1) is 0 Å². The Morgan fingerprint density at radius 1 is 0.643 bits per heavy atom. The van der Waals surface area contributed by atoms with Gasteiger partial charge in [-0.2, -0.15) is 11.8 Å². The largest absolute Gasteiger partial charge is 0.302 e. The summed E-state index contributed by atoms with van der Waals surface area (Å²) in [4.78, 5) is 2.66. The zero-order valence-corrected chi connectivity index (χ0v) is 18.1. The van der Waals surface area contributed by atoms with Crippen molar-refractivity contribution in [3.63, 3.8) is 0 Å². The first kappa shape index (κ1) is 19.7. The van der Waals surface area contributed by atoms with Crippen molar-refractivity contribution in [2.75, 3.05) is 37.3 Å². The molecule has 3 aromatic carbocycles. The third-order valence-corrected chi connectivity index (χ3v) is 11.1. The summed E-state index contributed by atoms with van der Waals surface area (Å²) in [6.07, 6.45) is 2.48. The Morgan fingerprint density at radius 3 is 1.50 bits per heavy atom. The Morgan fingerprint density at radius 2 is 1.07 bits per heavy atom. The standard InChI is InChI=1S/C25H29NPS/c1-4-11-23(12-5-1)27(24-13-6-2-7-14-24,25-15-8-3-9-16-25)20-10-17-26-18-21-28-22-19-26/h1-9,11-16H,10,17-22H2/q+1. The molecule has 1 nitrogen and oxygen atoms in total. The Bertz CT molecular complexity index is 736. The molecular formula is C25H29NPS+. The SMILES string of the molecule is c1ccc([P+](CCCN2CCSCC2)(c2ccccc2)c2ccccc2)cc1. The molecule has 0 radical (unpaired) electrons. The number of hydrogen-bond acceptors (Lipinski definition) is 2. The maximum atomic E-state index is 2.66. The molecule has 144 valence electrons. The zero-order chi connectivity index (χ0) is 19.1. The van der Waals surface area contributed by atoms with Crippen LogP contribution < -0.4 is 15.9 Å². The van der Waals surface area contributed by atoms with Crippen molar-refractivity contribution >= 4 is 34.9 Å². The van der Waals surface area contributed by atoms with E-state index in [9.17, 15) is 0 Å². The van der Waals surface area contributed by atoms with Gasteiger partial charge in [0.1, 0.15) is 23.2 Å². The van der Waals surface area contributed by atoms with Crippen LogP contribution in [0, 0.1) is 0 Å². The molecule has 28 heavy (non-hydrogen) atoms. The molecule has 1 saturated heterocycles. The van der Waals surface area contributed by atoms with Crippen LogP contribution in [0.1, 0.15) is 6.42 Å². The molecule has 1 aliphatic rings. The lowest BCUT2D eigenvalue weighted by atomic mass is 10.3. The molecule has 3 aromatic rings. The first-order valence-corrected chi connectivity index (χ1v) is 13.4. The van der Waals surface area contributed by atoms with Gasteiger partial charge in [0.25, 0.3) is 0 Å². The lowest BCUT2D eigenvalue weighted by Gasteiger charge is -2.30. The van der Waals surface area contributed by atoms with Crippen molar-refractivity contribution in [2.24, 2.45) is 0 Å². The maximum Gasteiger partial charge on any atom is 0.112 e. The second kappa shape index (κ2) is 9.74. The summed E-state index contributed by atoms with van der Waals surface area (Å²) in [5.74, 6) is 2.58. The molecule has 0 spiro atoms. The van der Waals surface area contributed by atoms with Crippen molar-refractivity contribution in [3.8, 4) is 0 Å². The average molecular weight is 407 g/mol. The molecule has 0 atom stereocenters. The number of rotatable bonds is 7. The molecular weight excluding hydrogens is 377 g/mol. The van der Waals surface area contributed by atoms with E-state index in [1.807, 2.05) is 0 Å². The smallest absolute Gasteiger partial charge is 0.112 e. The van der Waals surface area contributed by atoms with Gasteiger partial charge in [0.05, 0.1) is 6.16 Å². The minimum absolute atomic E-state index is 1.22. The van der Waals surface area contributed by atoms with Crippen LogP contribution in [0.15, 0.2) is 91.0 Å². The van der Waals surface area contributed by atoms with E-state index in [1.54, 1.807) is 0 Å². The monoisotopic (exact) mass is 406 g/mol. The van der Waals surface area contributed by atoms with Gasteiger partial charge in [-0.25, -0.2) is 0 Å². The molecule has 4 rings (SSSR count). The first-order chi connectivity index (χ1) is 13.9. The molecule has 0 aromatic heterocycles. The highest BCUT2D eigenvalue weighted by atomic mass is 32.2. The Labute approximate surface area is 174 Å². The quantitative estimate of drug-likeness (QED) is 0.535. The van der Waals surface area contributed by atoms with Crippen LogP contribution in [0.4, 0.5) is 0 Å². The zero-order valence-electron chi connectivity index (χ0n) is 16.4. The van der Waals surface area contributed by atoms with Gasteiger partial charge in [0.2, 0.25) is 0 Å². The van der Waals surface area contributed by atoms with Gasteiger partial charge in [0.15, 0.2) is 0 Å². The number of thioether (sulfide) groups is 1. The van der Waals surface area contributed by atoms with E-state index in [-0.39, 0.29) is 0 Å². The maximum absolute atomic E-state index is 2.66. The molecule has 0 saturated carbocycles. The lowest BCUT2D eigenvalue weighted by Crippen LogP contribution is -2.37. The van der Waals surface area contributed by atoms with Gasteiger partial charge in [-0.1, -0.05) is 54.6 Å². The molecule has 0 amide bonds. The molecule has 1 heterocycles. The van der Waals surface area contributed by atoms with Gasteiger partial charge in [-0.3, -0.25) is 0 Å². The van der Waals surface area contributed by atoms with Crippen molar-refractivity contribution < 1.29 is 0 Å². The predicted molar refractivity (Wildman–Crippen MR) is 128 cm³/mol. The lowest BCUT2D eigenvalue weighted by molar-refractivity contribution is 0.304. The van der Waals surface area contributed by atoms with E-state index >= 15 is 0 Å². The molecule has 1 aliphatic heterocycles. The Kier molecular flexibility index (Phi) is 6.86. The first-order valence-electron chi connectivity index (χ1n) is 10.2. The van der Waals surface area contributed by atoms with Gasteiger partial charge >= 0.3 is 0 Å². The normalized spacial score (nSPS) is 15.4. The van der Waals surface area contributed by atoms with Gasteiger partial charge < -0.3 is 4.90 Å². The van der Waals surface area contributed by atoms with Gasteiger partial charge in [0, 0.05) is 31.1 Å². The summed E-state index contributed by atoms with van der Waals surface area (Å²) < 4.78 is 0. The summed E-state index contributed by atoms with van der Waals surface area (Å²) in [6.45, 7) is 3.71. The fraction of sp³-hybridized carbons (Fsp3) is 0.280. The summed E-state index contributed by atoms with van der Waals surface area (Å²) in [6, 6.07) is 33.8. The highest BCUT2D eigenvalue weighted by Gasteiger charge is 2.44. The third kappa shape index (κ3) is 4.35. The average Bonchev–Trinajstić information content (AvgIpc) is 2.79. The van der Waals surface area contributed by atoms with E-state index in [1.165, 1.54) is 59.6 Å². The van der Waals surface area contributed by atoms with Crippen molar-refractivity contribution in [1.29, 1.82) is 0 Å². The van der Waals surface area contributed by atoms with Crippen molar-refractivity contribution in [3.05, 3.63) is 91.0 Å². The van der Waals surface area contributed by atoms with Gasteiger partial charge in [-0.05, 0) is 42.8 Å². The minimum Gasteiger partial charge on any atom is -0.302 e. The summed E-state index contributed by atoms with van der Waals surface area (Å²) >= 11 is 2.09. The van der Waals surface area contributed by atoms with E-state index in [4.69, 9.17) is 0 Å². The van der Waals surface area contributed by atoms with Crippen LogP contribution in [0.25, 0.3) is 0 Å². The van der Waals surface area contributed by atoms with Crippen LogP contribution >= 0.6 is 19.0 Å². The number of hydrogen-bond donors (Lipinski definition) is 0. The van der Waals surface area contributed by atoms with Crippen LogP contribution in [-0.2, 0) is 0 Å². The predicted octanol–water partition coefficient (Wildman–Crippen LogP) is 4.42. The highest BCUT2D eigenvalue weighted by molar-refractivity contribution is 7.99. The van der Waals surface area contributed by atoms with Crippen LogP contribution in [0.5, 0.6) is 0 Å². The van der Waals surface area contributed by atoms with E-state index in [0.717, 1.165) is 0 Å². The minimum atomic E-state index is -1.65. The third-order valence-electron chi connectivity index (χ3n) is 5.66. The van der Waals surface area contributed by atoms with Crippen molar-refractivity contribution in [2.45, 2.75) is 6.42 Å². The van der Waals surface area contributed by atoms with Crippen LogP contribution in [0.2, 0.25) is 0 Å². The molecule has 0 aliphatic carbocycles. The topological polar surface area (TPSA) is 3.24 Å². The van der Waals surface area contributed by atoms with Crippen LogP contribution in [0.3, 0.4) is 0 Å². The molecule has 0 N–H and O–H groups in total. The molecule has 3 heteroatoms. The van der Waals surface area contributed by atoms with Crippen LogP contribution in [-0.4, -0.2) is 42.2 Å². The fourth-order valence-corrected chi connectivity index (χ4v) is 9.54. The number of benzene rings is 3. The fourth-order valence-electron chi connectivity index (χ4n) is 4.24. The Balaban J connectivity index is 1.72. The van der Waals surface area contributed by atoms with Crippen molar-refractivity contribution in [1.82, 2.24) is 4.90 Å².